The molecule has 1 saturated carbocycles. The van der Waals surface area contributed by atoms with Crippen molar-refractivity contribution < 1.29 is 36.6 Å². The van der Waals surface area contributed by atoms with Gasteiger partial charge >= 0.3 is 5.97 Å². The van der Waals surface area contributed by atoms with Crippen LogP contribution in [0.3, 0.4) is 0 Å². The summed E-state index contributed by atoms with van der Waals surface area (Å²) in [6.07, 6.45) is 3.14. The van der Waals surface area contributed by atoms with Crippen LogP contribution in [0.4, 0.5) is 10.1 Å². The Morgan fingerprint density at radius 3 is 2.47 bits per heavy atom. The van der Waals surface area contributed by atoms with Gasteiger partial charge in [-0.25, -0.2) is 9.18 Å². The number of methoxy groups -OCH3 is 1. The van der Waals surface area contributed by atoms with Gasteiger partial charge in [-0.05, 0) is 25.8 Å². The summed E-state index contributed by atoms with van der Waals surface area (Å²) >= 11 is 0. The molecule has 1 saturated heterocycles. The molecule has 0 amide bonds. The molecule has 1 aliphatic carbocycles. The number of benzene rings is 1. The SMILES string of the molecule is COc1c(N2CCNC(C)C2)c(F)cc2c(=O)c(C(=O)O)cn(C3CC3)c12.O=S(=O)([O-])[O-]. The van der Waals surface area contributed by atoms with E-state index in [1.807, 2.05) is 11.8 Å². The third-order valence-electron chi connectivity index (χ3n) is 5.26. The third-order valence-corrected chi connectivity index (χ3v) is 5.26. The average molecular weight is 471 g/mol. The Bertz CT molecular complexity index is 1200. The second kappa shape index (κ2) is 9.02. The number of carboxylic acids is 1. The molecule has 1 unspecified atom stereocenters. The minimum Gasteiger partial charge on any atom is -0.759 e. The molecular formula is C19H22FN3O8S-2. The van der Waals surface area contributed by atoms with Crippen LogP contribution in [0, 0.1) is 5.82 Å². The number of nitrogens with one attached hydrogen (secondary N) is 1. The summed E-state index contributed by atoms with van der Waals surface area (Å²) < 4.78 is 56.5. The quantitative estimate of drug-likeness (QED) is 0.478. The van der Waals surface area contributed by atoms with Crippen molar-refractivity contribution in [3.05, 3.63) is 33.9 Å². The molecule has 13 heteroatoms. The molecule has 0 radical (unpaired) electrons. The lowest BCUT2D eigenvalue weighted by Gasteiger charge is -2.35. The van der Waals surface area contributed by atoms with Crippen molar-refractivity contribution in [3.8, 4) is 5.75 Å². The number of anilines is 1. The highest BCUT2D eigenvalue weighted by Crippen LogP contribution is 2.43. The van der Waals surface area contributed by atoms with Crippen molar-refractivity contribution in [1.82, 2.24) is 9.88 Å². The fourth-order valence-corrected chi connectivity index (χ4v) is 3.86. The number of carboxylic acid groups (broad SMARTS) is 1. The van der Waals surface area contributed by atoms with Crippen molar-refractivity contribution in [2.75, 3.05) is 31.6 Å². The van der Waals surface area contributed by atoms with E-state index in [0.717, 1.165) is 25.5 Å². The zero-order valence-corrected chi connectivity index (χ0v) is 18.1. The van der Waals surface area contributed by atoms with Gasteiger partial charge in [0.25, 0.3) is 0 Å². The Morgan fingerprint density at radius 2 is 1.97 bits per heavy atom. The van der Waals surface area contributed by atoms with Gasteiger partial charge in [-0.3, -0.25) is 13.2 Å². The summed E-state index contributed by atoms with van der Waals surface area (Å²) in [6, 6.07) is 1.45. The van der Waals surface area contributed by atoms with E-state index in [2.05, 4.69) is 5.32 Å². The molecular weight excluding hydrogens is 449 g/mol. The zero-order valence-electron chi connectivity index (χ0n) is 17.3. The lowest BCUT2D eigenvalue weighted by molar-refractivity contribution is 0.0694. The second-order valence-corrected chi connectivity index (χ2v) is 8.48. The molecule has 11 nitrogen and oxygen atoms in total. The highest BCUT2D eigenvalue weighted by Gasteiger charge is 2.32. The largest absolute Gasteiger partial charge is 0.759 e. The smallest absolute Gasteiger partial charge is 0.341 e. The number of nitrogens with zero attached hydrogens (tertiary/aromatic N) is 2. The number of ether oxygens (including phenoxy) is 1. The molecule has 2 aromatic rings. The number of hydrogen-bond acceptors (Lipinski definition) is 9. The van der Waals surface area contributed by atoms with Gasteiger partial charge in [-0.1, -0.05) is 0 Å². The average Bonchev–Trinajstić information content (AvgIpc) is 3.51. The first-order valence-electron chi connectivity index (χ1n) is 9.76. The van der Waals surface area contributed by atoms with Gasteiger partial charge in [0.2, 0.25) is 5.43 Å². The highest BCUT2D eigenvalue weighted by atomic mass is 32.3. The number of halogens is 1. The van der Waals surface area contributed by atoms with Crippen LogP contribution in [-0.2, 0) is 10.4 Å². The Kier molecular flexibility index (Phi) is 6.74. The maximum atomic E-state index is 15.1. The van der Waals surface area contributed by atoms with Crippen LogP contribution in [0.25, 0.3) is 10.9 Å². The number of fused-ring (bicyclic) bond motifs is 1. The summed E-state index contributed by atoms with van der Waals surface area (Å²) in [5.41, 5.74) is -0.237. The van der Waals surface area contributed by atoms with Gasteiger partial charge in [-0.2, -0.15) is 0 Å². The third kappa shape index (κ3) is 5.18. The predicted molar refractivity (Wildman–Crippen MR) is 110 cm³/mol. The van der Waals surface area contributed by atoms with Gasteiger partial charge in [0, 0.05) is 48.3 Å². The molecule has 2 heterocycles. The Balaban J connectivity index is 0.000000523. The van der Waals surface area contributed by atoms with Gasteiger partial charge in [0.1, 0.15) is 11.3 Å². The number of hydrogen-bond donors (Lipinski definition) is 2. The number of aromatic carboxylic acids is 1. The number of carbonyl (C=O) groups is 1. The molecule has 1 aromatic heterocycles. The second-order valence-electron chi connectivity index (χ2n) is 7.66. The molecule has 2 fully saturated rings. The van der Waals surface area contributed by atoms with Crippen LogP contribution in [0.2, 0.25) is 0 Å². The first kappa shape index (κ1) is 23.9. The lowest BCUT2D eigenvalue weighted by atomic mass is 10.1. The Hall–Kier alpha value is -2.74. The monoisotopic (exact) mass is 471 g/mol. The Labute approximate surface area is 183 Å². The first-order valence-corrected chi connectivity index (χ1v) is 11.1. The molecule has 4 rings (SSSR count). The van der Waals surface area contributed by atoms with Gasteiger partial charge in [-0.15, -0.1) is 0 Å². The summed E-state index contributed by atoms with van der Waals surface area (Å²) in [5.74, 6) is -1.59. The van der Waals surface area contributed by atoms with Crippen LogP contribution in [0.5, 0.6) is 5.75 Å². The summed E-state index contributed by atoms with van der Waals surface area (Å²) in [5, 5.41) is 12.7. The summed E-state index contributed by atoms with van der Waals surface area (Å²) in [7, 11) is -3.71. The molecule has 2 aliphatic rings. The maximum Gasteiger partial charge on any atom is 0.341 e. The van der Waals surface area contributed by atoms with Crippen LogP contribution in [0.15, 0.2) is 17.1 Å². The number of aromatic nitrogens is 1. The standard InChI is InChI=1S/C19H22FN3O4.H2O4S/c1-10-8-22(6-5-21-10)16-14(20)7-12-15(18(16)27-2)23(11-3-4-11)9-13(17(12)24)19(25)26;1-5(2,3)4/h7,9-11,21H,3-6,8H2,1-2H3,(H,25,26);(H2,1,2,3,4)/p-2. The molecule has 0 bridgehead atoms. The van der Waals surface area contributed by atoms with Crippen molar-refractivity contribution in [1.29, 1.82) is 0 Å². The van der Waals surface area contributed by atoms with Gasteiger partial charge in [0.05, 0.1) is 18.0 Å². The lowest BCUT2D eigenvalue weighted by Crippen LogP contribution is -2.49. The molecule has 1 aromatic carbocycles. The fraction of sp³-hybridized carbons (Fsp3) is 0.474. The minimum atomic E-state index is -5.17. The molecule has 32 heavy (non-hydrogen) atoms. The van der Waals surface area contributed by atoms with E-state index < -0.39 is 27.6 Å². The van der Waals surface area contributed by atoms with E-state index in [4.69, 9.17) is 22.3 Å². The van der Waals surface area contributed by atoms with E-state index in [0.29, 0.717) is 30.0 Å². The van der Waals surface area contributed by atoms with Crippen LogP contribution in [0.1, 0.15) is 36.2 Å². The maximum absolute atomic E-state index is 15.1. The van der Waals surface area contributed by atoms with Gasteiger partial charge < -0.3 is 33.7 Å². The molecule has 1 aliphatic heterocycles. The van der Waals surface area contributed by atoms with Gasteiger partial charge in [0.15, 0.2) is 11.6 Å². The Morgan fingerprint density at radius 1 is 1.34 bits per heavy atom. The number of piperazine rings is 1. The van der Waals surface area contributed by atoms with Crippen LogP contribution < -0.4 is 20.4 Å². The first-order chi connectivity index (χ1) is 14.9. The molecule has 2 N–H and O–H groups in total. The summed E-state index contributed by atoms with van der Waals surface area (Å²) in [6.45, 7) is 3.97. The van der Waals surface area contributed by atoms with Crippen LogP contribution in [-0.4, -0.2) is 66.0 Å². The predicted octanol–water partition coefficient (Wildman–Crippen LogP) is 0.642. The van der Waals surface area contributed by atoms with Crippen molar-refractivity contribution in [2.24, 2.45) is 0 Å². The molecule has 0 spiro atoms. The normalized spacial score (nSPS) is 18.8. The number of rotatable bonds is 4. The van der Waals surface area contributed by atoms with Crippen molar-refractivity contribution >= 4 is 33.0 Å². The van der Waals surface area contributed by atoms with E-state index in [1.54, 1.807) is 4.57 Å². The van der Waals surface area contributed by atoms with Crippen molar-refractivity contribution in [2.45, 2.75) is 31.8 Å². The van der Waals surface area contributed by atoms with E-state index >= 15 is 4.39 Å². The van der Waals surface area contributed by atoms with E-state index in [9.17, 15) is 14.7 Å². The summed E-state index contributed by atoms with van der Waals surface area (Å²) in [4.78, 5) is 26.1. The number of pyridine rings is 1. The minimum absolute atomic E-state index is 0.0445. The highest BCUT2D eigenvalue weighted by molar-refractivity contribution is 7.79. The fourth-order valence-electron chi connectivity index (χ4n) is 3.86. The topological polar surface area (TPSA) is 164 Å². The van der Waals surface area contributed by atoms with E-state index in [1.165, 1.54) is 13.3 Å². The molecule has 1 atom stereocenters. The zero-order chi connectivity index (χ0) is 23.8. The molecule has 176 valence electrons. The van der Waals surface area contributed by atoms with E-state index in [-0.39, 0.29) is 23.0 Å². The van der Waals surface area contributed by atoms with Crippen molar-refractivity contribution in [3.63, 3.8) is 0 Å². The van der Waals surface area contributed by atoms with Crippen LogP contribution >= 0.6 is 0 Å².